The first kappa shape index (κ1) is 11.8. The second-order valence-corrected chi connectivity index (χ2v) is 5.00. The number of anilines is 1. The normalized spacial score (nSPS) is 14.3. The van der Waals surface area contributed by atoms with Crippen molar-refractivity contribution in [3.8, 4) is 11.1 Å². The van der Waals surface area contributed by atoms with E-state index >= 15 is 0 Å². The van der Waals surface area contributed by atoms with Gasteiger partial charge in [-0.2, -0.15) is 0 Å². The van der Waals surface area contributed by atoms with Crippen LogP contribution in [-0.2, 0) is 0 Å². The van der Waals surface area contributed by atoms with E-state index in [1.807, 2.05) is 35.2 Å². The second-order valence-electron chi connectivity index (χ2n) is 5.00. The molecule has 4 heteroatoms. The monoisotopic (exact) mass is 255 g/mol. The number of hydrogen-bond acceptors (Lipinski definition) is 2. The maximum Gasteiger partial charge on any atom is 0.192 e. The SMILES string of the molecule is N=C(N)N(CC1CC1)c1ccc(-c2ccoc2)cc1. The standard InChI is InChI=1S/C15H17N3O/c16-15(17)18(9-11-1-2-11)14-5-3-12(4-6-14)13-7-8-19-10-13/h3-8,10-11H,1-2,9H2,(H3,16,17). The summed E-state index contributed by atoms with van der Waals surface area (Å²) in [6.07, 6.45) is 5.88. The van der Waals surface area contributed by atoms with E-state index in [2.05, 4.69) is 0 Å². The van der Waals surface area contributed by atoms with Gasteiger partial charge in [0.15, 0.2) is 5.96 Å². The Balaban J connectivity index is 1.81. The highest BCUT2D eigenvalue weighted by Gasteiger charge is 2.25. The van der Waals surface area contributed by atoms with E-state index < -0.39 is 0 Å². The minimum atomic E-state index is 0.114. The van der Waals surface area contributed by atoms with Crippen molar-refractivity contribution in [1.82, 2.24) is 0 Å². The highest BCUT2D eigenvalue weighted by Crippen LogP contribution is 2.32. The van der Waals surface area contributed by atoms with Crippen molar-refractivity contribution in [2.45, 2.75) is 12.8 Å². The lowest BCUT2D eigenvalue weighted by atomic mass is 10.1. The molecular formula is C15H17N3O. The van der Waals surface area contributed by atoms with Crippen molar-refractivity contribution in [2.75, 3.05) is 11.4 Å². The highest BCUT2D eigenvalue weighted by molar-refractivity contribution is 5.92. The molecule has 1 aliphatic rings. The zero-order valence-corrected chi connectivity index (χ0v) is 10.7. The summed E-state index contributed by atoms with van der Waals surface area (Å²) >= 11 is 0. The minimum Gasteiger partial charge on any atom is -0.472 e. The van der Waals surface area contributed by atoms with Gasteiger partial charge in [0, 0.05) is 17.8 Å². The number of hydrogen-bond donors (Lipinski definition) is 2. The fraction of sp³-hybridized carbons (Fsp3) is 0.267. The quantitative estimate of drug-likeness (QED) is 0.651. The van der Waals surface area contributed by atoms with Gasteiger partial charge in [-0.1, -0.05) is 12.1 Å². The van der Waals surface area contributed by atoms with Crippen LogP contribution in [0.25, 0.3) is 11.1 Å². The van der Waals surface area contributed by atoms with Crippen LogP contribution in [0.3, 0.4) is 0 Å². The van der Waals surface area contributed by atoms with E-state index in [1.165, 1.54) is 12.8 Å². The Morgan fingerprint density at radius 3 is 2.47 bits per heavy atom. The minimum absolute atomic E-state index is 0.114. The molecule has 1 fully saturated rings. The predicted octanol–water partition coefficient (Wildman–Crippen LogP) is 3.06. The van der Waals surface area contributed by atoms with Gasteiger partial charge in [0.1, 0.15) is 0 Å². The van der Waals surface area contributed by atoms with Gasteiger partial charge in [-0.15, -0.1) is 0 Å². The molecule has 1 aromatic heterocycles. The first-order chi connectivity index (χ1) is 9.24. The van der Waals surface area contributed by atoms with E-state index in [-0.39, 0.29) is 5.96 Å². The molecule has 0 aliphatic heterocycles. The van der Waals surface area contributed by atoms with Gasteiger partial charge in [-0.3, -0.25) is 5.41 Å². The van der Waals surface area contributed by atoms with Crippen LogP contribution in [0, 0.1) is 11.3 Å². The van der Waals surface area contributed by atoms with E-state index in [0.717, 1.165) is 23.4 Å². The average molecular weight is 255 g/mol. The van der Waals surface area contributed by atoms with Crippen molar-refractivity contribution in [3.63, 3.8) is 0 Å². The van der Waals surface area contributed by atoms with Gasteiger partial charge in [-0.25, -0.2) is 0 Å². The summed E-state index contributed by atoms with van der Waals surface area (Å²) in [6, 6.07) is 10.0. The first-order valence-corrected chi connectivity index (χ1v) is 6.48. The van der Waals surface area contributed by atoms with Crippen LogP contribution in [0.1, 0.15) is 12.8 Å². The lowest BCUT2D eigenvalue weighted by Crippen LogP contribution is -2.37. The van der Waals surface area contributed by atoms with Gasteiger partial charge in [0.05, 0.1) is 12.5 Å². The average Bonchev–Trinajstić information content (AvgIpc) is 3.07. The smallest absolute Gasteiger partial charge is 0.192 e. The third kappa shape index (κ3) is 2.62. The first-order valence-electron chi connectivity index (χ1n) is 6.48. The molecule has 2 aromatic rings. The van der Waals surface area contributed by atoms with Crippen molar-refractivity contribution >= 4 is 11.6 Å². The number of nitrogens with one attached hydrogen (secondary N) is 1. The summed E-state index contributed by atoms with van der Waals surface area (Å²) in [5.41, 5.74) is 8.81. The largest absolute Gasteiger partial charge is 0.472 e. The number of rotatable bonds is 4. The lowest BCUT2D eigenvalue weighted by molar-refractivity contribution is 0.568. The van der Waals surface area contributed by atoms with Gasteiger partial charge in [0.25, 0.3) is 0 Å². The molecule has 1 aliphatic carbocycles. The maximum absolute atomic E-state index is 7.69. The summed E-state index contributed by atoms with van der Waals surface area (Å²) < 4.78 is 5.08. The van der Waals surface area contributed by atoms with Crippen molar-refractivity contribution < 1.29 is 4.42 Å². The summed E-state index contributed by atoms with van der Waals surface area (Å²) in [7, 11) is 0. The van der Waals surface area contributed by atoms with E-state index in [0.29, 0.717) is 5.92 Å². The molecule has 0 radical (unpaired) electrons. The molecule has 0 unspecified atom stereocenters. The van der Waals surface area contributed by atoms with Gasteiger partial charge >= 0.3 is 0 Å². The van der Waals surface area contributed by atoms with Crippen LogP contribution in [0.5, 0.6) is 0 Å². The maximum atomic E-state index is 7.69. The molecule has 1 aromatic carbocycles. The third-order valence-corrected chi connectivity index (χ3v) is 3.46. The summed E-state index contributed by atoms with van der Waals surface area (Å²) in [5.74, 6) is 0.806. The van der Waals surface area contributed by atoms with E-state index in [1.54, 1.807) is 12.5 Å². The zero-order valence-electron chi connectivity index (χ0n) is 10.7. The Kier molecular flexibility index (Phi) is 2.99. The van der Waals surface area contributed by atoms with E-state index in [4.69, 9.17) is 15.6 Å². The van der Waals surface area contributed by atoms with Gasteiger partial charge in [0.2, 0.25) is 0 Å². The van der Waals surface area contributed by atoms with Crippen LogP contribution in [-0.4, -0.2) is 12.5 Å². The van der Waals surface area contributed by atoms with Crippen molar-refractivity contribution in [3.05, 3.63) is 42.9 Å². The number of benzene rings is 1. The third-order valence-electron chi connectivity index (χ3n) is 3.46. The van der Waals surface area contributed by atoms with Crippen LogP contribution in [0.4, 0.5) is 5.69 Å². The van der Waals surface area contributed by atoms with Crippen LogP contribution >= 0.6 is 0 Å². The number of nitrogens with two attached hydrogens (primary N) is 1. The Morgan fingerprint density at radius 2 is 1.95 bits per heavy atom. The van der Waals surface area contributed by atoms with Crippen LogP contribution in [0.2, 0.25) is 0 Å². The zero-order chi connectivity index (χ0) is 13.2. The fourth-order valence-corrected chi connectivity index (χ4v) is 2.16. The van der Waals surface area contributed by atoms with E-state index in [9.17, 15) is 0 Å². The summed E-state index contributed by atoms with van der Waals surface area (Å²) in [5, 5.41) is 7.69. The Bertz CT molecular complexity index is 556. The number of nitrogens with zero attached hydrogens (tertiary/aromatic N) is 1. The molecule has 0 bridgehead atoms. The summed E-state index contributed by atoms with van der Waals surface area (Å²) in [4.78, 5) is 1.87. The van der Waals surface area contributed by atoms with Crippen LogP contribution in [0.15, 0.2) is 47.3 Å². The van der Waals surface area contributed by atoms with Gasteiger partial charge < -0.3 is 15.1 Å². The Labute approximate surface area is 112 Å². The molecule has 0 amide bonds. The molecule has 4 nitrogen and oxygen atoms in total. The molecule has 0 saturated heterocycles. The van der Waals surface area contributed by atoms with Crippen molar-refractivity contribution in [2.24, 2.45) is 11.7 Å². The lowest BCUT2D eigenvalue weighted by Gasteiger charge is -2.22. The Morgan fingerprint density at radius 1 is 1.21 bits per heavy atom. The van der Waals surface area contributed by atoms with Crippen LogP contribution < -0.4 is 10.6 Å². The van der Waals surface area contributed by atoms with Gasteiger partial charge in [-0.05, 0) is 42.5 Å². The molecule has 3 rings (SSSR count). The summed E-state index contributed by atoms with van der Waals surface area (Å²) in [6.45, 7) is 0.848. The molecule has 19 heavy (non-hydrogen) atoms. The molecule has 0 atom stereocenters. The fourth-order valence-electron chi connectivity index (χ4n) is 2.16. The molecular weight excluding hydrogens is 238 g/mol. The molecule has 1 heterocycles. The second kappa shape index (κ2) is 4.80. The predicted molar refractivity (Wildman–Crippen MR) is 76.1 cm³/mol. The number of furan rings is 1. The van der Waals surface area contributed by atoms with Crippen molar-refractivity contribution in [1.29, 1.82) is 5.41 Å². The molecule has 1 saturated carbocycles. The molecule has 98 valence electrons. The Hall–Kier alpha value is -2.23. The molecule has 3 N–H and O–H groups in total. The topological polar surface area (TPSA) is 66.2 Å². The molecule has 0 spiro atoms. The highest BCUT2D eigenvalue weighted by atomic mass is 16.3. The number of guanidine groups is 1.